The molecule has 1 aromatic heterocycles. The minimum atomic E-state index is -0.121. The standard InChI is InChI=1S/C30H26BrN3O4S2/c1-36-24-12-10-20(16-23(24)31)28-21(18-34(32-28)22-7-5-4-6-8-22)17-27-29(35)33(30(39)40-27)14-13-19-9-11-25(37-2)26(15-19)38-3/h4-12,15-18H,13-14H2,1-3H3/b27-17-. The molecule has 0 unspecified atom stereocenters. The summed E-state index contributed by atoms with van der Waals surface area (Å²) < 4.78 is 19.3. The number of thioether (sulfide) groups is 1. The summed E-state index contributed by atoms with van der Waals surface area (Å²) in [6.45, 7) is 0.457. The summed E-state index contributed by atoms with van der Waals surface area (Å²) >= 11 is 10.5. The van der Waals surface area contributed by atoms with Gasteiger partial charge in [-0.1, -0.05) is 48.2 Å². The Hall–Kier alpha value is -3.60. The van der Waals surface area contributed by atoms with Crippen LogP contribution in [0.4, 0.5) is 0 Å². The highest BCUT2D eigenvalue weighted by molar-refractivity contribution is 9.10. The molecule has 1 saturated heterocycles. The number of rotatable bonds is 9. The fourth-order valence-electron chi connectivity index (χ4n) is 4.35. The zero-order valence-electron chi connectivity index (χ0n) is 22.1. The quantitative estimate of drug-likeness (QED) is 0.148. The number of carbonyl (C=O) groups excluding carboxylic acids is 1. The highest BCUT2D eigenvalue weighted by Crippen LogP contribution is 2.37. The van der Waals surface area contributed by atoms with Gasteiger partial charge in [0.25, 0.3) is 5.91 Å². The van der Waals surface area contributed by atoms with Crippen LogP contribution >= 0.6 is 39.9 Å². The van der Waals surface area contributed by atoms with E-state index in [9.17, 15) is 4.79 Å². The minimum absolute atomic E-state index is 0.121. The van der Waals surface area contributed by atoms with Crippen LogP contribution < -0.4 is 14.2 Å². The van der Waals surface area contributed by atoms with Crippen molar-refractivity contribution in [2.45, 2.75) is 6.42 Å². The normalized spacial score (nSPS) is 14.2. The molecule has 4 aromatic rings. The Bertz CT molecular complexity index is 1600. The van der Waals surface area contributed by atoms with Crippen LogP contribution in [0, 0.1) is 0 Å². The molecule has 0 aliphatic carbocycles. The van der Waals surface area contributed by atoms with E-state index in [0.717, 1.165) is 38.3 Å². The van der Waals surface area contributed by atoms with Gasteiger partial charge < -0.3 is 14.2 Å². The van der Waals surface area contributed by atoms with Crippen LogP contribution in [0.15, 0.2) is 82.3 Å². The molecule has 1 fully saturated rings. The third kappa shape index (κ3) is 5.79. The molecule has 0 N–H and O–H groups in total. The summed E-state index contributed by atoms with van der Waals surface area (Å²) in [6.07, 6.45) is 4.42. The Kier molecular flexibility index (Phi) is 8.58. The minimum Gasteiger partial charge on any atom is -0.496 e. The molecule has 0 saturated carbocycles. The number of halogens is 1. The van der Waals surface area contributed by atoms with Crippen molar-refractivity contribution in [1.82, 2.24) is 14.7 Å². The number of ether oxygens (including phenoxy) is 3. The van der Waals surface area contributed by atoms with E-state index in [2.05, 4.69) is 15.9 Å². The summed E-state index contributed by atoms with van der Waals surface area (Å²) in [4.78, 5) is 15.7. The second kappa shape index (κ2) is 12.3. The van der Waals surface area contributed by atoms with Crippen molar-refractivity contribution >= 4 is 56.2 Å². The SMILES string of the molecule is COc1ccc(-c2nn(-c3ccccc3)cc2/C=C2\SC(=S)N(CCc3ccc(OC)c(OC)c3)C2=O)cc1Br. The molecular weight excluding hydrogens is 610 g/mol. The van der Waals surface area contributed by atoms with Crippen LogP contribution in [0.3, 0.4) is 0 Å². The van der Waals surface area contributed by atoms with Crippen molar-refractivity contribution in [3.8, 4) is 34.2 Å². The van der Waals surface area contributed by atoms with Gasteiger partial charge in [0.2, 0.25) is 0 Å². The summed E-state index contributed by atoms with van der Waals surface area (Å²) in [6, 6.07) is 21.4. The Morgan fingerprint density at radius 3 is 2.38 bits per heavy atom. The van der Waals surface area contributed by atoms with Crippen LogP contribution in [0.2, 0.25) is 0 Å². The van der Waals surface area contributed by atoms with E-state index < -0.39 is 0 Å². The molecule has 7 nitrogen and oxygen atoms in total. The van der Waals surface area contributed by atoms with Crippen molar-refractivity contribution in [1.29, 1.82) is 0 Å². The van der Waals surface area contributed by atoms with E-state index in [0.29, 0.717) is 33.7 Å². The molecule has 10 heteroatoms. The molecule has 3 aromatic carbocycles. The molecule has 1 aliphatic rings. The molecule has 5 rings (SSSR count). The number of carbonyl (C=O) groups is 1. The zero-order valence-corrected chi connectivity index (χ0v) is 25.3. The third-order valence-corrected chi connectivity index (χ3v) is 8.42. The predicted molar refractivity (Wildman–Crippen MR) is 166 cm³/mol. The number of methoxy groups -OCH3 is 3. The maximum atomic E-state index is 13.5. The van der Waals surface area contributed by atoms with Crippen molar-refractivity contribution < 1.29 is 19.0 Å². The number of nitrogens with zero attached hydrogens (tertiary/aromatic N) is 3. The molecule has 0 bridgehead atoms. The molecule has 1 aliphatic heterocycles. The van der Waals surface area contributed by atoms with Gasteiger partial charge in [0.15, 0.2) is 11.5 Å². The first kappa shape index (κ1) is 27.9. The average Bonchev–Trinajstić information content (AvgIpc) is 3.52. The largest absolute Gasteiger partial charge is 0.496 e. The average molecular weight is 637 g/mol. The van der Waals surface area contributed by atoms with Crippen molar-refractivity contribution in [2.75, 3.05) is 27.9 Å². The van der Waals surface area contributed by atoms with Crippen LogP contribution in [0.5, 0.6) is 17.2 Å². The molecule has 2 heterocycles. The molecule has 0 radical (unpaired) electrons. The lowest BCUT2D eigenvalue weighted by Gasteiger charge is -2.15. The van der Waals surface area contributed by atoms with Gasteiger partial charge in [-0.15, -0.1) is 0 Å². The number of amides is 1. The molecule has 1 amide bonds. The number of benzene rings is 3. The fourth-order valence-corrected chi connectivity index (χ4v) is 6.20. The smallest absolute Gasteiger partial charge is 0.266 e. The van der Waals surface area contributed by atoms with Gasteiger partial charge in [-0.2, -0.15) is 5.10 Å². The predicted octanol–water partition coefficient (Wildman–Crippen LogP) is 6.77. The van der Waals surface area contributed by atoms with E-state index in [1.807, 2.05) is 83.7 Å². The van der Waals surface area contributed by atoms with Gasteiger partial charge in [-0.05, 0) is 76.5 Å². The number of hydrogen-bond donors (Lipinski definition) is 0. The number of hydrogen-bond acceptors (Lipinski definition) is 7. The lowest BCUT2D eigenvalue weighted by atomic mass is 10.1. The lowest BCUT2D eigenvalue weighted by Crippen LogP contribution is -2.30. The lowest BCUT2D eigenvalue weighted by molar-refractivity contribution is -0.122. The second-order valence-electron chi connectivity index (χ2n) is 8.84. The van der Waals surface area contributed by atoms with E-state index in [4.69, 9.17) is 31.5 Å². The number of thiocarbonyl (C=S) groups is 1. The van der Waals surface area contributed by atoms with Crippen molar-refractivity contribution in [3.05, 3.63) is 93.4 Å². The van der Waals surface area contributed by atoms with E-state index in [1.54, 1.807) is 26.2 Å². The fraction of sp³-hybridized carbons (Fsp3) is 0.167. The number of aromatic nitrogens is 2. The zero-order chi connectivity index (χ0) is 28.2. The topological polar surface area (TPSA) is 65.8 Å². The maximum absolute atomic E-state index is 13.5. The van der Waals surface area contributed by atoms with Crippen LogP contribution in [0.1, 0.15) is 11.1 Å². The van der Waals surface area contributed by atoms with Gasteiger partial charge in [-0.3, -0.25) is 9.69 Å². The summed E-state index contributed by atoms with van der Waals surface area (Å²) in [5, 5.41) is 4.88. The Balaban J connectivity index is 1.44. The van der Waals surface area contributed by atoms with Gasteiger partial charge in [-0.25, -0.2) is 4.68 Å². The van der Waals surface area contributed by atoms with Crippen LogP contribution in [-0.2, 0) is 11.2 Å². The first-order valence-corrected chi connectivity index (χ1v) is 14.4. The van der Waals surface area contributed by atoms with Gasteiger partial charge in [0.05, 0.1) is 36.4 Å². The summed E-state index contributed by atoms with van der Waals surface area (Å²) in [5.74, 6) is 1.92. The van der Waals surface area contributed by atoms with Gasteiger partial charge >= 0.3 is 0 Å². The molecule has 40 heavy (non-hydrogen) atoms. The highest BCUT2D eigenvalue weighted by atomic mass is 79.9. The molecule has 0 atom stereocenters. The Labute approximate surface area is 250 Å². The van der Waals surface area contributed by atoms with Crippen LogP contribution in [0.25, 0.3) is 23.0 Å². The molecule has 204 valence electrons. The first-order valence-electron chi connectivity index (χ1n) is 12.4. The molecule has 0 spiro atoms. The monoisotopic (exact) mass is 635 g/mol. The summed E-state index contributed by atoms with van der Waals surface area (Å²) in [7, 11) is 4.84. The van der Waals surface area contributed by atoms with E-state index >= 15 is 0 Å². The highest BCUT2D eigenvalue weighted by Gasteiger charge is 2.32. The van der Waals surface area contributed by atoms with Gasteiger partial charge in [0.1, 0.15) is 15.8 Å². The van der Waals surface area contributed by atoms with E-state index in [1.165, 1.54) is 11.8 Å². The first-order chi connectivity index (χ1) is 19.4. The Morgan fingerprint density at radius 1 is 0.950 bits per heavy atom. The van der Waals surface area contributed by atoms with E-state index in [-0.39, 0.29) is 5.91 Å². The number of para-hydroxylation sites is 1. The van der Waals surface area contributed by atoms with Crippen molar-refractivity contribution in [2.24, 2.45) is 0 Å². The van der Waals surface area contributed by atoms with Crippen molar-refractivity contribution in [3.63, 3.8) is 0 Å². The Morgan fingerprint density at radius 2 is 1.68 bits per heavy atom. The second-order valence-corrected chi connectivity index (χ2v) is 11.4. The van der Waals surface area contributed by atoms with Crippen LogP contribution in [-0.4, -0.2) is 52.8 Å². The molecular formula is C30H26BrN3O4S2. The summed E-state index contributed by atoms with van der Waals surface area (Å²) in [5.41, 5.74) is 4.37. The third-order valence-electron chi connectivity index (χ3n) is 6.42. The van der Waals surface area contributed by atoms with Gasteiger partial charge in [0, 0.05) is 23.9 Å². The maximum Gasteiger partial charge on any atom is 0.266 e.